The van der Waals surface area contributed by atoms with Gasteiger partial charge in [-0.25, -0.2) is 23.5 Å². The number of halogens is 2. The van der Waals surface area contributed by atoms with Gasteiger partial charge in [0.15, 0.2) is 11.6 Å². The zero-order valence-electron chi connectivity index (χ0n) is 23.2. The van der Waals surface area contributed by atoms with Gasteiger partial charge in [-0.05, 0) is 32.9 Å². The molecule has 0 saturated carbocycles. The number of carbonyl (C=O) groups is 1. The first-order valence-corrected chi connectivity index (χ1v) is 12.5. The van der Waals surface area contributed by atoms with Crippen molar-refractivity contribution in [3.8, 4) is 11.1 Å². The van der Waals surface area contributed by atoms with Crippen LogP contribution >= 0.6 is 0 Å². The van der Waals surface area contributed by atoms with Crippen LogP contribution in [0.5, 0.6) is 0 Å². The van der Waals surface area contributed by atoms with E-state index in [2.05, 4.69) is 15.0 Å². The van der Waals surface area contributed by atoms with Crippen LogP contribution in [0.3, 0.4) is 0 Å². The number of aromatic carboxylic acids is 1. The smallest absolute Gasteiger partial charge is 0.342 e. The van der Waals surface area contributed by atoms with Crippen LogP contribution in [0.15, 0.2) is 41.6 Å². The number of ether oxygens (including phenoxy) is 1. The van der Waals surface area contributed by atoms with Gasteiger partial charge in [0, 0.05) is 56.9 Å². The summed E-state index contributed by atoms with van der Waals surface area (Å²) in [7, 11) is 4.94. The largest absolute Gasteiger partial charge is 0.477 e. The fraction of sp³-hybridized carbons (Fsp3) is 0.286. The van der Waals surface area contributed by atoms with Crippen LogP contribution < -0.4 is 15.4 Å². The Kier molecular flexibility index (Phi) is 6.66. The van der Waals surface area contributed by atoms with Gasteiger partial charge in [-0.3, -0.25) is 9.20 Å². The predicted octanol–water partition coefficient (Wildman–Crippen LogP) is 3.96. The number of H-pyrrole nitrogens is 1. The highest BCUT2D eigenvalue weighted by Crippen LogP contribution is 2.43. The molecule has 5 rings (SSSR count). The molecule has 11 nitrogen and oxygen atoms in total. The molecule has 41 heavy (non-hydrogen) atoms. The number of aliphatic hydroxyl groups is 1. The number of hydrogen-bond acceptors (Lipinski definition) is 8. The number of hydrogen-bond donors (Lipinski definition) is 3. The molecule has 13 heteroatoms. The van der Waals surface area contributed by atoms with Gasteiger partial charge in [-0.1, -0.05) is 0 Å². The summed E-state index contributed by atoms with van der Waals surface area (Å²) in [5, 5.41) is 20.2. The summed E-state index contributed by atoms with van der Waals surface area (Å²) < 4.78 is 37.4. The van der Waals surface area contributed by atoms with Crippen molar-refractivity contribution in [1.29, 1.82) is 0 Å². The zero-order valence-corrected chi connectivity index (χ0v) is 23.2. The number of anilines is 2. The van der Waals surface area contributed by atoms with Crippen molar-refractivity contribution in [2.75, 3.05) is 30.9 Å². The van der Waals surface area contributed by atoms with Crippen molar-refractivity contribution >= 4 is 44.9 Å². The molecule has 0 fully saturated rings. The number of aliphatic hydroxyl groups excluding tert-OH is 1. The van der Waals surface area contributed by atoms with E-state index in [9.17, 15) is 19.8 Å². The van der Waals surface area contributed by atoms with Crippen LogP contribution in [-0.4, -0.2) is 68.7 Å². The fourth-order valence-electron chi connectivity index (χ4n) is 4.78. The first-order chi connectivity index (χ1) is 19.2. The van der Waals surface area contributed by atoms with Crippen LogP contribution in [0.2, 0.25) is 0 Å². The van der Waals surface area contributed by atoms with Gasteiger partial charge in [-0.15, -0.1) is 0 Å². The monoisotopic (exact) mass is 566 g/mol. The Bertz CT molecular complexity index is 1910. The van der Waals surface area contributed by atoms with Crippen LogP contribution in [-0.2, 0) is 4.74 Å². The third-order valence-electron chi connectivity index (χ3n) is 6.60. The summed E-state index contributed by atoms with van der Waals surface area (Å²) in [5.74, 6) is -3.65. The molecule has 0 saturated heterocycles. The van der Waals surface area contributed by atoms with E-state index in [-0.39, 0.29) is 33.3 Å². The number of aromatic amines is 1. The molecule has 0 amide bonds. The maximum atomic E-state index is 15.6. The highest BCUT2D eigenvalue weighted by atomic mass is 19.2. The number of nitrogens with one attached hydrogen (secondary N) is 1. The lowest BCUT2D eigenvalue weighted by molar-refractivity contribution is -0.162. The van der Waals surface area contributed by atoms with Crippen molar-refractivity contribution in [3.63, 3.8) is 0 Å². The number of aromatic nitrogens is 4. The Morgan fingerprint density at radius 2 is 1.83 bits per heavy atom. The van der Waals surface area contributed by atoms with Crippen LogP contribution in [0.1, 0.15) is 31.1 Å². The van der Waals surface area contributed by atoms with Crippen molar-refractivity contribution in [1.82, 2.24) is 19.4 Å². The number of carboxylic acids is 1. The SMILES string of the molecule is CN(C)c1c(-c2ccc3ncc(C(=O)O)c(=O)n3c2)cnc2[nH]c3c(N(C)C(O)OC(C)(C)C)cc(F)c(F)c3c12. The van der Waals surface area contributed by atoms with E-state index < -0.39 is 40.7 Å². The normalized spacial score (nSPS) is 12.8. The molecular weight excluding hydrogens is 538 g/mol. The third kappa shape index (κ3) is 4.72. The minimum absolute atomic E-state index is 0.0874. The maximum absolute atomic E-state index is 15.6. The first-order valence-electron chi connectivity index (χ1n) is 12.5. The minimum atomic E-state index is -1.47. The molecular formula is C28H28F2N6O5. The Balaban J connectivity index is 1.80. The lowest BCUT2D eigenvalue weighted by Gasteiger charge is -2.31. The van der Waals surface area contributed by atoms with Gasteiger partial charge in [0.05, 0.1) is 33.3 Å². The van der Waals surface area contributed by atoms with E-state index in [1.807, 2.05) is 0 Å². The molecule has 1 atom stereocenters. The highest BCUT2D eigenvalue weighted by Gasteiger charge is 2.28. The predicted molar refractivity (Wildman–Crippen MR) is 151 cm³/mol. The topological polar surface area (TPSA) is 136 Å². The molecule has 1 aromatic carbocycles. The van der Waals surface area contributed by atoms with Gasteiger partial charge >= 0.3 is 5.97 Å². The molecule has 0 aliphatic rings. The second-order valence-corrected chi connectivity index (χ2v) is 10.8. The molecule has 0 radical (unpaired) electrons. The summed E-state index contributed by atoms with van der Waals surface area (Å²) >= 11 is 0. The highest BCUT2D eigenvalue weighted by molar-refractivity contribution is 6.18. The maximum Gasteiger partial charge on any atom is 0.342 e. The van der Waals surface area contributed by atoms with Crippen molar-refractivity contribution in [2.45, 2.75) is 32.8 Å². The molecule has 0 spiro atoms. The van der Waals surface area contributed by atoms with E-state index in [4.69, 9.17) is 4.74 Å². The standard InChI is InChI=1S/C28H28F2N6O5/c1-28(2,3)41-27(40)35(6)17-9-16(29)21(30)19-20-23(34(4)5)14(10-32-24(20)33-22(17)19)13-7-8-18-31-11-15(26(38)39)25(37)36(18)12-13/h7-12,27,40H,1-6H3,(H,32,33)(H,38,39). The van der Waals surface area contributed by atoms with Crippen molar-refractivity contribution in [2.24, 2.45) is 0 Å². The molecule has 214 valence electrons. The van der Waals surface area contributed by atoms with Gasteiger partial charge in [-0.2, -0.15) is 0 Å². The van der Waals surface area contributed by atoms with Gasteiger partial charge < -0.3 is 29.7 Å². The summed E-state index contributed by atoms with van der Waals surface area (Å²) in [4.78, 5) is 38.9. The average Bonchev–Trinajstić information content (AvgIpc) is 3.28. The number of pyridine rings is 2. The molecule has 0 aliphatic heterocycles. The number of carboxylic acid groups (broad SMARTS) is 1. The number of benzene rings is 1. The van der Waals surface area contributed by atoms with E-state index in [1.165, 1.54) is 24.3 Å². The first kappa shape index (κ1) is 27.9. The fourth-order valence-corrected chi connectivity index (χ4v) is 4.78. The zero-order chi connectivity index (χ0) is 30.0. The molecule has 1 unspecified atom stereocenters. The van der Waals surface area contributed by atoms with Crippen molar-refractivity contribution in [3.05, 3.63) is 64.3 Å². The second kappa shape index (κ2) is 9.78. The van der Waals surface area contributed by atoms with E-state index >= 15 is 8.78 Å². The summed E-state index contributed by atoms with van der Waals surface area (Å²) in [6, 6.07) is 4.19. The summed E-state index contributed by atoms with van der Waals surface area (Å²) in [5.41, 5.74) is 0.216. The van der Waals surface area contributed by atoms with Crippen LogP contribution in [0.25, 0.3) is 38.7 Å². The molecule has 5 aromatic rings. The number of nitrogens with zero attached hydrogens (tertiary/aromatic N) is 5. The van der Waals surface area contributed by atoms with Crippen LogP contribution in [0, 0.1) is 11.6 Å². The second-order valence-electron chi connectivity index (χ2n) is 10.8. The van der Waals surface area contributed by atoms with E-state index in [0.29, 0.717) is 16.8 Å². The quantitative estimate of drug-likeness (QED) is 0.261. The molecule has 0 aliphatic carbocycles. The molecule has 0 bridgehead atoms. The van der Waals surface area contributed by atoms with E-state index in [0.717, 1.165) is 16.7 Å². The Morgan fingerprint density at radius 3 is 2.46 bits per heavy atom. The summed E-state index contributed by atoms with van der Waals surface area (Å²) in [6.45, 7) is 5.26. The molecule has 3 N–H and O–H groups in total. The average molecular weight is 567 g/mol. The molecule has 4 heterocycles. The Morgan fingerprint density at radius 1 is 1.12 bits per heavy atom. The number of rotatable bonds is 6. The van der Waals surface area contributed by atoms with Gasteiger partial charge in [0.2, 0.25) is 6.41 Å². The molecule has 4 aromatic heterocycles. The lowest BCUT2D eigenvalue weighted by atomic mass is 10.0. The summed E-state index contributed by atoms with van der Waals surface area (Å²) in [6.07, 6.45) is 2.48. The Hall–Kier alpha value is -4.62. The van der Waals surface area contributed by atoms with E-state index in [1.54, 1.807) is 51.9 Å². The minimum Gasteiger partial charge on any atom is -0.477 e. The van der Waals surface area contributed by atoms with Crippen molar-refractivity contribution < 1.29 is 28.5 Å². The van der Waals surface area contributed by atoms with Gasteiger partial charge in [0.1, 0.15) is 16.9 Å². The lowest BCUT2D eigenvalue weighted by Crippen LogP contribution is -2.39. The van der Waals surface area contributed by atoms with Crippen LogP contribution in [0.4, 0.5) is 20.2 Å². The Labute approximate surface area is 232 Å². The number of fused-ring (bicyclic) bond motifs is 4. The van der Waals surface area contributed by atoms with Gasteiger partial charge in [0.25, 0.3) is 5.56 Å². The third-order valence-corrected chi connectivity index (χ3v) is 6.60.